The molecule has 1 aromatic rings. The maximum absolute atomic E-state index is 12.9. The maximum Gasteiger partial charge on any atom is 0.225 e. The molecule has 0 saturated heterocycles. The highest BCUT2D eigenvalue weighted by atomic mass is 32.1. The van der Waals surface area contributed by atoms with E-state index in [1.807, 2.05) is 14.0 Å². The SMILES string of the molecule is C=CCN(C)C(=O)[C@@H](C)[C@@H]1CC[C@@]2(C)Cc3sc(NCCCC)nc3[C@@H](C)[C@@H]2[C@H]1O. The van der Waals surface area contributed by atoms with Gasteiger partial charge < -0.3 is 15.3 Å². The lowest BCUT2D eigenvalue weighted by molar-refractivity contribution is -0.143. The minimum Gasteiger partial charge on any atom is -0.392 e. The van der Waals surface area contributed by atoms with E-state index in [-0.39, 0.29) is 35.0 Å². The van der Waals surface area contributed by atoms with E-state index in [2.05, 4.69) is 32.7 Å². The van der Waals surface area contributed by atoms with E-state index in [0.29, 0.717) is 6.54 Å². The Morgan fingerprint density at radius 3 is 2.93 bits per heavy atom. The van der Waals surface area contributed by atoms with Crippen LogP contribution in [0.25, 0.3) is 0 Å². The van der Waals surface area contributed by atoms with Gasteiger partial charge in [-0.05, 0) is 42.9 Å². The third kappa shape index (κ3) is 4.31. The Balaban J connectivity index is 1.80. The van der Waals surface area contributed by atoms with E-state index in [1.165, 1.54) is 11.3 Å². The number of aliphatic hydroxyl groups excluding tert-OH is 1. The fraction of sp³-hybridized carbons (Fsp3) is 0.750. The van der Waals surface area contributed by atoms with Crippen molar-refractivity contribution in [1.82, 2.24) is 9.88 Å². The van der Waals surface area contributed by atoms with Crippen LogP contribution in [0.4, 0.5) is 5.13 Å². The number of rotatable bonds is 8. The van der Waals surface area contributed by atoms with Gasteiger partial charge in [-0.1, -0.05) is 40.2 Å². The number of nitrogens with one attached hydrogen (secondary N) is 1. The summed E-state index contributed by atoms with van der Waals surface area (Å²) in [6.07, 6.45) is 6.49. The highest BCUT2D eigenvalue weighted by Gasteiger charge is 2.54. The van der Waals surface area contributed by atoms with E-state index in [0.717, 1.165) is 43.1 Å². The fourth-order valence-electron chi connectivity index (χ4n) is 5.81. The van der Waals surface area contributed by atoms with Crippen LogP contribution in [-0.2, 0) is 11.2 Å². The van der Waals surface area contributed by atoms with Gasteiger partial charge in [0.25, 0.3) is 0 Å². The normalized spacial score (nSPS) is 31.4. The van der Waals surface area contributed by atoms with Gasteiger partial charge in [0.2, 0.25) is 5.91 Å². The van der Waals surface area contributed by atoms with Crippen LogP contribution in [-0.4, -0.2) is 47.1 Å². The number of aromatic nitrogens is 1. The van der Waals surface area contributed by atoms with Crippen LogP contribution in [0.3, 0.4) is 0 Å². The molecule has 168 valence electrons. The van der Waals surface area contributed by atoms with E-state index >= 15 is 0 Å². The van der Waals surface area contributed by atoms with Gasteiger partial charge >= 0.3 is 0 Å². The van der Waals surface area contributed by atoms with Crippen molar-refractivity contribution in [2.24, 2.45) is 23.2 Å². The van der Waals surface area contributed by atoms with Crippen LogP contribution >= 0.6 is 11.3 Å². The van der Waals surface area contributed by atoms with Crippen molar-refractivity contribution in [3.8, 4) is 0 Å². The number of amides is 1. The number of hydrogen-bond donors (Lipinski definition) is 2. The zero-order valence-corrected chi connectivity index (χ0v) is 20.1. The van der Waals surface area contributed by atoms with Gasteiger partial charge in [0, 0.05) is 36.9 Å². The molecule has 1 heterocycles. The lowest BCUT2D eigenvalue weighted by Crippen LogP contribution is -2.53. The Morgan fingerprint density at radius 2 is 2.27 bits per heavy atom. The van der Waals surface area contributed by atoms with Gasteiger partial charge in [-0.2, -0.15) is 0 Å². The zero-order valence-electron chi connectivity index (χ0n) is 19.3. The third-order valence-electron chi connectivity index (χ3n) is 7.54. The minimum atomic E-state index is -0.485. The van der Waals surface area contributed by atoms with Gasteiger partial charge in [0.15, 0.2) is 5.13 Å². The molecule has 0 aromatic carbocycles. The highest BCUT2D eigenvalue weighted by Crippen LogP contribution is 2.57. The molecule has 0 bridgehead atoms. The van der Waals surface area contributed by atoms with Crippen LogP contribution in [0.15, 0.2) is 12.7 Å². The smallest absolute Gasteiger partial charge is 0.225 e. The molecule has 6 heteroatoms. The molecule has 5 nitrogen and oxygen atoms in total. The molecule has 1 aromatic heterocycles. The largest absolute Gasteiger partial charge is 0.392 e. The fourth-order valence-corrected chi connectivity index (χ4v) is 7.10. The monoisotopic (exact) mass is 433 g/mol. The molecule has 3 rings (SSSR count). The van der Waals surface area contributed by atoms with E-state index in [9.17, 15) is 9.90 Å². The standard InChI is InChI=1S/C24H39N3O2S/c1-7-9-12-25-23-26-20-16(4)19-21(28)17(15(3)22(29)27(6)13-8-2)10-11-24(19,5)14-18(20)30-23/h8,15-17,19,21,28H,2,7,9-14H2,1,3-6H3,(H,25,26)/t15-,16-,17-,19+,21-,24-/m0/s1. The second-order valence-corrected chi connectivity index (χ2v) is 10.8. The Labute approximate surface area is 186 Å². The average Bonchev–Trinajstić information content (AvgIpc) is 3.09. The number of hydrogen-bond acceptors (Lipinski definition) is 5. The third-order valence-corrected chi connectivity index (χ3v) is 8.57. The number of thiazole rings is 1. The second kappa shape index (κ2) is 9.39. The van der Waals surface area contributed by atoms with Gasteiger partial charge in [-0.15, -0.1) is 17.9 Å². The lowest BCUT2D eigenvalue weighted by Gasteiger charge is -2.53. The Bertz CT molecular complexity index is 764. The number of fused-ring (bicyclic) bond motifs is 2. The van der Waals surface area contributed by atoms with Crippen molar-refractivity contribution in [3.05, 3.63) is 23.2 Å². The first-order valence-electron chi connectivity index (χ1n) is 11.5. The van der Waals surface area contributed by atoms with Crippen LogP contribution < -0.4 is 5.32 Å². The molecule has 0 radical (unpaired) electrons. The summed E-state index contributed by atoms with van der Waals surface area (Å²) in [6.45, 7) is 14.0. The van der Waals surface area contributed by atoms with Gasteiger partial charge in [-0.25, -0.2) is 4.98 Å². The van der Waals surface area contributed by atoms with Crippen molar-refractivity contribution < 1.29 is 9.90 Å². The van der Waals surface area contributed by atoms with Crippen LogP contribution in [0, 0.1) is 23.2 Å². The maximum atomic E-state index is 12.9. The number of unbranched alkanes of at least 4 members (excludes halogenated alkanes) is 1. The lowest BCUT2D eigenvalue weighted by atomic mass is 9.53. The first-order valence-corrected chi connectivity index (χ1v) is 12.3. The van der Waals surface area contributed by atoms with Gasteiger partial charge in [-0.3, -0.25) is 4.79 Å². The topological polar surface area (TPSA) is 65.5 Å². The molecule has 2 aliphatic carbocycles. The number of carbonyl (C=O) groups is 1. The molecule has 0 unspecified atom stereocenters. The van der Waals surface area contributed by atoms with E-state index < -0.39 is 6.10 Å². The molecule has 1 fully saturated rings. The predicted octanol–water partition coefficient (Wildman–Crippen LogP) is 4.69. The van der Waals surface area contributed by atoms with Crippen LogP contribution in [0.1, 0.15) is 69.9 Å². The number of anilines is 1. The van der Waals surface area contributed by atoms with Crippen LogP contribution in [0.2, 0.25) is 0 Å². The molecule has 6 atom stereocenters. The first kappa shape index (κ1) is 23.3. The van der Waals surface area contributed by atoms with E-state index in [4.69, 9.17) is 4.98 Å². The summed E-state index contributed by atoms with van der Waals surface area (Å²) < 4.78 is 0. The van der Waals surface area contributed by atoms with Gasteiger partial charge in [0.05, 0.1) is 11.8 Å². The summed E-state index contributed by atoms with van der Waals surface area (Å²) in [5.74, 6) is 0.234. The van der Waals surface area contributed by atoms with E-state index in [1.54, 1.807) is 22.3 Å². The molecule has 1 saturated carbocycles. The number of likely N-dealkylation sites (N-methyl/N-ethyl adjacent to an activating group) is 1. The summed E-state index contributed by atoms with van der Waals surface area (Å²) in [7, 11) is 1.82. The van der Waals surface area contributed by atoms with Crippen molar-refractivity contribution in [1.29, 1.82) is 0 Å². The Kier molecular flexibility index (Phi) is 7.28. The summed E-state index contributed by atoms with van der Waals surface area (Å²) in [5, 5.41) is 16.0. The molecule has 2 aliphatic rings. The first-order chi connectivity index (χ1) is 14.2. The quantitative estimate of drug-likeness (QED) is 0.461. The van der Waals surface area contributed by atoms with Crippen molar-refractivity contribution in [2.45, 2.75) is 71.8 Å². The molecule has 30 heavy (non-hydrogen) atoms. The zero-order chi connectivity index (χ0) is 22.1. The second-order valence-electron chi connectivity index (χ2n) is 9.74. The summed E-state index contributed by atoms with van der Waals surface area (Å²) in [5.41, 5.74) is 1.22. The molecule has 0 spiro atoms. The summed E-state index contributed by atoms with van der Waals surface area (Å²) >= 11 is 1.79. The molecular formula is C24H39N3O2S. The van der Waals surface area contributed by atoms with Crippen molar-refractivity contribution in [2.75, 3.05) is 25.5 Å². The van der Waals surface area contributed by atoms with Crippen molar-refractivity contribution in [3.63, 3.8) is 0 Å². The Morgan fingerprint density at radius 1 is 1.53 bits per heavy atom. The molecule has 0 aliphatic heterocycles. The number of nitrogens with zero attached hydrogens (tertiary/aromatic N) is 2. The number of aliphatic hydroxyl groups is 1. The predicted molar refractivity (Wildman–Crippen MR) is 125 cm³/mol. The average molecular weight is 434 g/mol. The van der Waals surface area contributed by atoms with Gasteiger partial charge in [0.1, 0.15) is 0 Å². The summed E-state index contributed by atoms with van der Waals surface area (Å²) in [6, 6.07) is 0. The molecule has 1 amide bonds. The van der Waals surface area contributed by atoms with Crippen molar-refractivity contribution >= 4 is 22.4 Å². The Hall–Kier alpha value is -1.40. The minimum absolute atomic E-state index is 0.00683. The number of carbonyl (C=O) groups excluding carboxylic acids is 1. The molecule has 2 N–H and O–H groups in total. The van der Waals surface area contributed by atoms with Crippen LogP contribution in [0.5, 0.6) is 0 Å². The highest BCUT2D eigenvalue weighted by molar-refractivity contribution is 7.15. The summed E-state index contributed by atoms with van der Waals surface area (Å²) in [4.78, 5) is 20.9. The molecular weight excluding hydrogens is 394 g/mol.